The standard InChI is InChI=1S/C16H28N2O2/c1-16(2,3)12-15(19)18(10-7-11-20-5)13-14-8-6-9-17(14)4/h6,8-9H,7,10-13H2,1-5H3. The van der Waals surface area contributed by atoms with Crippen molar-refractivity contribution < 1.29 is 9.53 Å². The van der Waals surface area contributed by atoms with Gasteiger partial charge in [-0.1, -0.05) is 20.8 Å². The molecule has 0 bridgehead atoms. The highest BCUT2D eigenvalue weighted by Crippen LogP contribution is 2.20. The number of aryl methyl sites for hydroxylation is 1. The quantitative estimate of drug-likeness (QED) is 0.720. The Bertz CT molecular complexity index is 418. The minimum absolute atomic E-state index is 0.0186. The maximum absolute atomic E-state index is 12.5. The summed E-state index contributed by atoms with van der Waals surface area (Å²) >= 11 is 0. The number of nitrogens with zero attached hydrogens (tertiary/aromatic N) is 2. The average molecular weight is 280 g/mol. The molecule has 0 aliphatic rings. The van der Waals surface area contributed by atoms with E-state index in [-0.39, 0.29) is 11.3 Å². The summed E-state index contributed by atoms with van der Waals surface area (Å²) in [6.07, 6.45) is 3.46. The van der Waals surface area contributed by atoms with Crippen molar-refractivity contribution in [1.82, 2.24) is 9.47 Å². The smallest absolute Gasteiger partial charge is 0.223 e. The molecule has 1 aromatic rings. The number of methoxy groups -OCH3 is 1. The Kier molecular flexibility index (Phi) is 6.27. The second-order valence-corrected chi connectivity index (χ2v) is 6.51. The molecule has 20 heavy (non-hydrogen) atoms. The van der Waals surface area contributed by atoms with Gasteiger partial charge in [-0.3, -0.25) is 4.79 Å². The van der Waals surface area contributed by atoms with Gasteiger partial charge in [0.2, 0.25) is 5.91 Å². The summed E-state index contributed by atoms with van der Waals surface area (Å²) < 4.78 is 7.15. The molecule has 0 fully saturated rings. The zero-order valence-electron chi connectivity index (χ0n) is 13.5. The molecule has 1 rings (SSSR count). The predicted molar refractivity (Wildman–Crippen MR) is 81.4 cm³/mol. The van der Waals surface area contributed by atoms with Gasteiger partial charge in [-0.15, -0.1) is 0 Å². The molecule has 0 aliphatic heterocycles. The molecule has 4 heteroatoms. The Labute approximate surface area is 122 Å². The number of aromatic nitrogens is 1. The summed E-state index contributed by atoms with van der Waals surface area (Å²) in [7, 11) is 3.70. The molecule has 0 saturated carbocycles. The Morgan fingerprint density at radius 3 is 2.60 bits per heavy atom. The van der Waals surface area contributed by atoms with Crippen molar-refractivity contribution in [2.24, 2.45) is 12.5 Å². The van der Waals surface area contributed by atoms with Gasteiger partial charge in [-0.25, -0.2) is 0 Å². The first-order chi connectivity index (χ1) is 9.33. The molecular weight excluding hydrogens is 252 g/mol. The number of rotatable bonds is 7. The molecule has 1 heterocycles. The van der Waals surface area contributed by atoms with Crippen molar-refractivity contribution >= 4 is 5.91 Å². The highest BCUT2D eigenvalue weighted by Gasteiger charge is 2.21. The number of carbonyl (C=O) groups excluding carboxylic acids is 1. The number of carbonyl (C=O) groups is 1. The van der Waals surface area contributed by atoms with Crippen LogP contribution in [0.15, 0.2) is 18.3 Å². The second kappa shape index (κ2) is 7.48. The third kappa shape index (κ3) is 5.78. The molecule has 0 spiro atoms. The number of hydrogen-bond acceptors (Lipinski definition) is 2. The topological polar surface area (TPSA) is 34.5 Å². The van der Waals surface area contributed by atoms with E-state index in [1.54, 1.807) is 7.11 Å². The Morgan fingerprint density at radius 2 is 2.10 bits per heavy atom. The van der Waals surface area contributed by atoms with Crippen molar-refractivity contribution in [3.8, 4) is 0 Å². The molecule has 114 valence electrons. The van der Waals surface area contributed by atoms with Gasteiger partial charge in [-0.05, 0) is 24.0 Å². The van der Waals surface area contributed by atoms with E-state index in [1.807, 2.05) is 24.2 Å². The average Bonchev–Trinajstić information content (AvgIpc) is 2.71. The van der Waals surface area contributed by atoms with Crippen molar-refractivity contribution in [2.75, 3.05) is 20.3 Å². The van der Waals surface area contributed by atoms with E-state index in [1.165, 1.54) is 0 Å². The van der Waals surface area contributed by atoms with Crippen LogP contribution in [-0.2, 0) is 23.1 Å². The van der Waals surface area contributed by atoms with Crippen LogP contribution >= 0.6 is 0 Å². The molecule has 0 aromatic carbocycles. The summed E-state index contributed by atoms with van der Waals surface area (Å²) in [6, 6.07) is 4.07. The first kappa shape index (κ1) is 16.8. The third-order valence-electron chi connectivity index (χ3n) is 3.21. The first-order valence-corrected chi connectivity index (χ1v) is 7.20. The molecular formula is C16H28N2O2. The third-order valence-corrected chi connectivity index (χ3v) is 3.21. The summed E-state index contributed by atoms with van der Waals surface area (Å²) in [5.74, 6) is 0.217. The molecule has 0 saturated heterocycles. The molecule has 0 N–H and O–H groups in total. The van der Waals surface area contributed by atoms with Gasteiger partial charge < -0.3 is 14.2 Å². The van der Waals surface area contributed by atoms with E-state index in [0.29, 0.717) is 19.6 Å². The number of amides is 1. The van der Waals surface area contributed by atoms with Crippen molar-refractivity contribution in [3.05, 3.63) is 24.0 Å². The fourth-order valence-electron chi connectivity index (χ4n) is 2.11. The van der Waals surface area contributed by atoms with Crippen LogP contribution in [0.3, 0.4) is 0 Å². The largest absolute Gasteiger partial charge is 0.385 e. The van der Waals surface area contributed by atoms with Crippen LogP contribution in [0.5, 0.6) is 0 Å². The van der Waals surface area contributed by atoms with Gasteiger partial charge in [0.15, 0.2) is 0 Å². The van der Waals surface area contributed by atoms with Gasteiger partial charge >= 0.3 is 0 Å². The fraction of sp³-hybridized carbons (Fsp3) is 0.688. The SMILES string of the molecule is COCCCN(Cc1cccn1C)C(=O)CC(C)(C)C. The molecule has 0 radical (unpaired) electrons. The molecule has 0 atom stereocenters. The van der Waals surface area contributed by atoms with Crippen LogP contribution in [0.2, 0.25) is 0 Å². The fourth-order valence-corrected chi connectivity index (χ4v) is 2.11. The monoisotopic (exact) mass is 280 g/mol. The predicted octanol–water partition coefficient (Wildman–Crippen LogP) is 2.83. The van der Waals surface area contributed by atoms with Crippen LogP contribution in [0.4, 0.5) is 0 Å². The number of ether oxygens (including phenoxy) is 1. The van der Waals surface area contributed by atoms with Crippen LogP contribution in [0.25, 0.3) is 0 Å². The zero-order chi connectivity index (χ0) is 15.2. The zero-order valence-corrected chi connectivity index (χ0v) is 13.5. The summed E-state index contributed by atoms with van der Waals surface area (Å²) in [4.78, 5) is 14.4. The van der Waals surface area contributed by atoms with E-state index in [9.17, 15) is 4.79 Å². The van der Waals surface area contributed by atoms with Crippen LogP contribution in [-0.4, -0.2) is 35.6 Å². The molecule has 1 amide bonds. The minimum Gasteiger partial charge on any atom is -0.385 e. The second-order valence-electron chi connectivity index (χ2n) is 6.51. The highest BCUT2D eigenvalue weighted by atomic mass is 16.5. The lowest BCUT2D eigenvalue weighted by molar-refractivity contribution is -0.134. The van der Waals surface area contributed by atoms with Gasteiger partial charge in [0.1, 0.15) is 0 Å². The Balaban J connectivity index is 2.69. The van der Waals surface area contributed by atoms with Gasteiger partial charge in [0, 0.05) is 45.6 Å². The summed E-state index contributed by atoms with van der Waals surface area (Å²) in [6.45, 7) is 8.39. The maximum Gasteiger partial charge on any atom is 0.223 e. The lowest BCUT2D eigenvalue weighted by atomic mass is 9.91. The normalized spacial score (nSPS) is 11.7. The minimum atomic E-state index is 0.0186. The number of hydrogen-bond donors (Lipinski definition) is 0. The van der Waals surface area contributed by atoms with E-state index in [2.05, 4.69) is 31.4 Å². The Morgan fingerprint density at radius 1 is 1.40 bits per heavy atom. The first-order valence-electron chi connectivity index (χ1n) is 7.20. The lowest BCUT2D eigenvalue weighted by Gasteiger charge is -2.27. The van der Waals surface area contributed by atoms with Crippen molar-refractivity contribution in [1.29, 1.82) is 0 Å². The molecule has 4 nitrogen and oxygen atoms in total. The van der Waals surface area contributed by atoms with Crippen molar-refractivity contribution in [2.45, 2.75) is 40.2 Å². The summed E-state index contributed by atoms with van der Waals surface area (Å²) in [5.41, 5.74) is 1.18. The van der Waals surface area contributed by atoms with E-state index < -0.39 is 0 Å². The molecule has 1 aromatic heterocycles. The van der Waals surface area contributed by atoms with E-state index >= 15 is 0 Å². The van der Waals surface area contributed by atoms with E-state index in [4.69, 9.17) is 4.74 Å². The van der Waals surface area contributed by atoms with Crippen LogP contribution < -0.4 is 0 Å². The highest BCUT2D eigenvalue weighted by molar-refractivity contribution is 5.76. The van der Waals surface area contributed by atoms with Crippen LogP contribution in [0, 0.1) is 5.41 Å². The van der Waals surface area contributed by atoms with Gasteiger partial charge in [-0.2, -0.15) is 0 Å². The van der Waals surface area contributed by atoms with E-state index in [0.717, 1.165) is 18.7 Å². The van der Waals surface area contributed by atoms with Gasteiger partial charge in [0.25, 0.3) is 0 Å². The van der Waals surface area contributed by atoms with Crippen molar-refractivity contribution in [3.63, 3.8) is 0 Å². The lowest BCUT2D eigenvalue weighted by Crippen LogP contribution is -2.35. The maximum atomic E-state index is 12.5. The molecule has 0 unspecified atom stereocenters. The van der Waals surface area contributed by atoms with Gasteiger partial charge in [0.05, 0.1) is 6.54 Å². The Hall–Kier alpha value is -1.29. The summed E-state index contributed by atoms with van der Waals surface area (Å²) in [5, 5.41) is 0. The van der Waals surface area contributed by atoms with Crippen LogP contribution in [0.1, 0.15) is 39.3 Å². The molecule has 0 aliphatic carbocycles.